The Bertz CT molecular complexity index is 2020. The van der Waals surface area contributed by atoms with Crippen molar-refractivity contribution in [1.29, 1.82) is 0 Å². The zero-order chi connectivity index (χ0) is 28.5. The summed E-state index contributed by atoms with van der Waals surface area (Å²) in [6.07, 6.45) is 1.54. The van der Waals surface area contributed by atoms with Crippen LogP contribution in [-0.4, -0.2) is 23.0 Å². The second-order valence-electron chi connectivity index (χ2n) is 9.04. The van der Waals surface area contributed by atoms with Gasteiger partial charge in [0, 0.05) is 26.0 Å². The average molecular weight is 605 g/mol. The minimum atomic E-state index is -0.341. The highest BCUT2D eigenvalue weighted by Crippen LogP contribution is 2.31. The molecule has 0 aliphatic rings. The van der Waals surface area contributed by atoms with Gasteiger partial charge in [-0.05, 0) is 72.3 Å². The molecule has 0 fully saturated rings. The number of halogens is 3. The summed E-state index contributed by atoms with van der Waals surface area (Å²) < 4.78 is 18.7. The van der Waals surface area contributed by atoms with Gasteiger partial charge in [0.15, 0.2) is 17.3 Å². The predicted molar refractivity (Wildman–Crippen MR) is 163 cm³/mol. The Kier molecular flexibility index (Phi) is 7.41. The molecule has 0 unspecified atom stereocenters. The number of hydrogen-bond acceptors (Lipinski definition) is 6. The van der Waals surface area contributed by atoms with E-state index in [-0.39, 0.29) is 18.0 Å². The molecule has 0 spiro atoms. The van der Waals surface area contributed by atoms with Gasteiger partial charge in [-0.3, -0.25) is 4.79 Å². The van der Waals surface area contributed by atoms with Gasteiger partial charge in [-0.25, -0.2) is 4.98 Å². The molecule has 2 aromatic heterocycles. The van der Waals surface area contributed by atoms with Crippen molar-refractivity contribution in [2.45, 2.75) is 6.61 Å². The van der Waals surface area contributed by atoms with Crippen LogP contribution in [0, 0.1) is 0 Å². The summed E-state index contributed by atoms with van der Waals surface area (Å²) in [5.74, 6) is 1.63. The highest BCUT2D eigenvalue weighted by molar-refractivity contribution is 6.35. The standard InChI is InChI=1S/C31H20Cl3N3O4/c1-39-28-12-18(6-10-27(28)40-17-19-7-8-22(33)15-24(19)34)16-35-37-30(36-25-5-3-2-4-23(25)31(37)38)29-14-20-13-21(32)9-11-26(20)41-29/h2-16H,17H2,1H3. The zero-order valence-electron chi connectivity index (χ0n) is 21.5. The topological polar surface area (TPSA) is 78.9 Å². The molecule has 6 aromatic rings. The molecule has 0 amide bonds. The highest BCUT2D eigenvalue weighted by Gasteiger charge is 2.17. The molecule has 0 saturated carbocycles. The number of nitrogens with zero attached hydrogens (tertiary/aromatic N) is 3. The third kappa shape index (κ3) is 5.52. The second-order valence-corrected chi connectivity index (χ2v) is 10.3. The smallest absolute Gasteiger partial charge is 0.282 e. The van der Waals surface area contributed by atoms with Gasteiger partial charge >= 0.3 is 0 Å². The third-order valence-corrected chi connectivity index (χ3v) is 7.18. The van der Waals surface area contributed by atoms with E-state index in [4.69, 9.17) is 53.7 Å². The van der Waals surface area contributed by atoms with Gasteiger partial charge in [-0.15, -0.1) is 0 Å². The lowest BCUT2D eigenvalue weighted by Crippen LogP contribution is -2.20. The molecule has 0 radical (unpaired) electrons. The summed E-state index contributed by atoms with van der Waals surface area (Å²) >= 11 is 18.4. The van der Waals surface area contributed by atoms with E-state index < -0.39 is 0 Å². The fourth-order valence-corrected chi connectivity index (χ4v) is 4.96. The molecule has 2 heterocycles. The van der Waals surface area contributed by atoms with Crippen LogP contribution in [0.15, 0.2) is 99.2 Å². The molecule has 0 aliphatic carbocycles. The zero-order valence-corrected chi connectivity index (χ0v) is 23.7. The van der Waals surface area contributed by atoms with Crippen molar-refractivity contribution in [3.63, 3.8) is 0 Å². The number of rotatable bonds is 7. The number of ether oxygens (including phenoxy) is 2. The van der Waals surface area contributed by atoms with Crippen LogP contribution in [0.2, 0.25) is 15.1 Å². The van der Waals surface area contributed by atoms with Crippen LogP contribution in [0.25, 0.3) is 33.5 Å². The molecule has 0 N–H and O–H groups in total. The predicted octanol–water partition coefficient (Wildman–Crippen LogP) is 8.24. The molecule has 4 aromatic carbocycles. The van der Waals surface area contributed by atoms with Crippen LogP contribution in [0.1, 0.15) is 11.1 Å². The van der Waals surface area contributed by atoms with E-state index in [1.165, 1.54) is 4.68 Å². The average Bonchev–Trinajstić information content (AvgIpc) is 3.39. The Labute approximate surface area is 249 Å². The summed E-state index contributed by atoms with van der Waals surface area (Å²) in [6, 6.07) is 24.7. The lowest BCUT2D eigenvalue weighted by Gasteiger charge is -2.12. The maximum absolute atomic E-state index is 13.5. The summed E-state index contributed by atoms with van der Waals surface area (Å²) in [5, 5.41) is 7.36. The van der Waals surface area contributed by atoms with E-state index in [0.717, 1.165) is 10.9 Å². The van der Waals surface area contributed by atoms with Crippen molar-refractivity contribution < 1.29 is 13.9 Å². The number of fused-ring (bicyclic) bond motifs is 2. The SMILES string of the molecule is COc1cc(C=Nn2c(-c3cc4cc(Cl)ccc4o3)nc3ccccc3c2=O)ccc1OCc1ccc(Cl)cc1Cl. The minimum Gasteiger partial charge on any atom is -0.493 e. The first-order chi connectivity index (χ1) is 19.9. The van der Waals surface area contributed by atoms with Crippen molar-refractivity contribution in [1.82, 2.24) is 9.66 Å². The number of furan rings is 1. The van der Waals surface area contributed by atoms with Crippen LogP contribution in [0.5, 0.6) is 11.5 Å². The Morgan fingerprint density at radius 3 is 2.56 bits per heavy atom. The van der Waals surface area contributed by atoms with Crippen molar-refractivity contribution in [2.75, 3.05) is 7.11 Å². The van der Waals surface area contributed by atoms with Gasteiger partial charge in [0.2, 0.25) is 5.82 Å². The molecule has 10 heteroatoms. The monoisotopic (exact) mass is 603 g/mol. The third-order valence-electron chi connectivity index (χ3n) is 6.36. The van der Waals surface area contributed by atoms with Crippen LogP contribution >= 0.6 is 34.8 Å². The molecule has 7 nitrogen and oxygen atoms in total. The molecule has 0 atom stereocenters. The molecule has 0 aliphatic heterocycles. The van der Waals surface area contributed by atoms with Gasteiger partial charge < -0.3 is 13.9 Å². The van der Waals surface area contributed by atoms with Gasteiger partial charge in [0.1, 0.15) is 12.2 Å². The minimum absolute atomic E-state index is 0.226. The Hall–Kier alpha value is -4.30. The number of methoxy groups -OCH3 is 1. The van der Waals surface area contributed by atoms with E-state index in [0.29, 0.717) is 54.4 Å². The maximum Gasteiger partial charge on any atom is 0.282 e. The first kappa shape index (κ1) is 26.9. The summed E-state index contributed by atoms with van der Waals surface area (Å²) in [7, 11) is 1.54. The van der Waals surface area contributed by atoms with Crippen molar-refractivity contribution in [2.24, 2.45) is 5.10 Å². The number of hydrogen-bond donors (Lipinski definition) is 0. The highest BCUT2D eigenvalue weighted by atomic mass is 35.5. The fourth-order valence-electron chi connectivity index (χ4n) is 4.32. The Morgan fingerprint density at radius 1 is 0.927 bits per heavy atom. The lowest BCUT2D eigenvalue weighted by molar-refractivity contribution is 0.284. The molecule has 0 bridgehead atoms. The first-order valence-corrected chi connectivity index (χ1v) is 13.5. The van der Waals surface area contributed by atoms with E-state index in [1.54, 1.807) is 86.1 Å². The summed E-state index contributed by atoms with van der Waals surface area (Å²) in [4.78, 5) is 18.2. The van der Waals surface area contributed by atoms with Gasteiger partial charge in [-0.1, -0.05) is 53.0 Å². The number of aromatic nitrogens is 2. The number of benzene rings is 4. The van der Waals surface area contributed by atoms with Gasteiger partial charge in [-0.2, -0.15) is 9.78 Å². The molecule has 41 heavy (non-hydrogen) atoms. The molecular formula is C31H20Cl3N3O4. The van der Waals surface area contributed by atoms with E-state index in [1.807, 2.05) is 12.1 Å². The van der Waals surface area contributed by atoms with Crippen LogP contribution < -0.4 is 15.0 Å². The van der Waals surface area contributed by atoms with Crippen molar-refractivity contribution in [3.05, 3.63) is 121 Å². The van der Waals surface area contributed by atoms with Crippen molar-refractivity contribution in [3.8, 4) is 23.1 Å². The molecule has 6 rings (SSSR count). The maximum atomic E-state index is 13.5. The van der Waals surface area contributed by atoms with E-state index in [9.17, 15) is 4.79 Å². The van der Waals surface area contributed by atoms with E-state index >= 15 is 0 Å². The van der Waals surface area contributed by atoms with Crippen molar-refractivity contribution >= 4 is 62.9 Å². The number of para-hydroxylation sites is 1. The normalized spacial score (nSPS) is 11.5. The van der Waals surface area contributed by atoms with Gasteiger partial charge in [0.05, 0.1) is 24.2 Å². The molecule has 0 saturated heterocycles. The van der Waals surface area contributed by atoms with Gasteiger partial charge in [0.25, 0.3) is 5.56 Å². The Balaban J connectivity index is 1.36. The Morgan fingerprint density at radius 2 is 1.73 bits per heavy atom. The largest absolute Gasteiger partial charge is 0.493 e. The lowest BCUT2D eigenvalue weighted by atomic mass is 10.2. The fraction of sp³-hybridized carbons (Fsp3) is 0.0645. The van der Waals surface area contributed by atoms with E-state index in [2.05, 4.69) is 5.10 Å². The molecular weight excluding hydrogens is 585 g/mol. The van der Waals surface area contributed by atoms with Crippen LogP contribution in [-0.2, 0) is 6.61 Å². The first-order valence-electron chi connectivity index (χ1n) is 12.4. The second kappa shape index (κ2) is 11.3. The summed E-state index contributed by atoms with van der Waals surface area (Å²) in [5.41, 5.74) is 2.25. The summed E-state index contributed by atoms with van der Waals surface area (Å²) in [6.45, 7) is 0.226. The quantitative estimate of drug-likeness (QED) is 0.172. The van der Waals surface area contributed by atoms with Crippen LogP contribution in [0.3, 0.4) is 0 Å². The van der Waals surface area contributed by atoms with Crippen LogP contribution in [0.4, 0.5) is 0 Å². The molecule has 204 valence electrons.